The van der Waals surface area contributed by atoms with E-state index >= 15 is 0 Å². The molecule has 20 heavy (non-hydrogen) atoms. The van der Waals surface area contributed by atoms with E-state index in [9.17, 15) is 8.42 Å². The topological polar surface area (TPSA) is 64.0 Å². The molecule has 0 spiro atoms. The summed E-state index contributed by atoms with van der Waals surface area (Å²) in [5.41, 5.74) is 2.12. The van der Waals surface area contributed by atoms with Crippen LogP contribution in [0, 0.1) is 5.92 Å². The van der Waals surface area contributed by atoms with Crippen LogP contribution < -0.4 is 5.32 Å². The highest BCUT2D eigenvalue weighted by Crippen LogP contribution is 2.36. The Kier molecular flexibility index (Phi) is 3.99. The van der Waals surface area contributed by atoms with Gasteiger partial charge in [0.25, 0.3) is 0 Å². The first-order chi connectivity index (χ1) is 9.14. The lowest BCUT2D eigenvalue weighted by atomic mass is 9.84. The maximum atomic E-state index is 11.7. The molecule has 2 atom stereocenters. The molecule has 1 aliphatic heterocycles. The molecule has 0 bridgehead atoms. The summed E-state index contributed by atoms with van der Waals surface area (Å²) < 4.78 is 25.3. The lowest BCUT2D eigenvalue weighted by molar-refractivity contribution is 0.409. The summed E-state index contributed by atoms with van der Waals surface area (Å²) in [5, 5.41) is 7.89. The molecule has 2 unspecified atom stereocenters. The molecule has 0 amide bonds. The van der Waals surface area contributed by atoms with E-state index in [1.807, 2.05) is 25.0 Å². The van der Waals surface area contributed by atoms with E-state index in [0.717, 1.165) is 17.7 Å². The van der Waals surface area contributed by atoms with Gasteiger partial charge in [0.2, 0.25) is 0 Å². The van der Waals surface area contributed by atoms with Gasteiger partial charge < -0.3 is 5.32 Å². The minimum Gasteiger partial charge on any atom is -0.313 e. The van der Waals surface area contributed by atoms with Crippen LogP contribution in [0.4, 0.5) is 0 Å². The van der Waals surface area contributed by atoms with Crippen molar-refractivity contribution in [1.29, 1.82) is 0 Å². The first-order valence-electron chi connectivity index (χ1n) is 7.06. The largest absolute Gasteiger partial charge is 0.313 e. The predicted molar refractivity (Wildman–Crippen MR) is 80.5 cm³/mol. The Morgan fingerprint density at radius 1 is 1.45 bits per heavy atom. The van der Waals surface area contributed by atoms with Gasteiger partial charge in [-0.2, -0.15) is 5.10 Å². The van der Waals surface area contributed by atoms with E-state index in [4.69, 9.17) is 0 Å². The molecule has 0 aromatic carbocycles. The highest BCUT2D eigenvalue weighted by atomic mass is 32.2. The van der Waals surface area contributed by atoms with Crippen molar-refractivity contribution in [3.63, 3.8) is 0 Å². The first kappa shape index (κ1) is 15.5. The maximum absolute atomic E-state index is 11.7. The maximum Gasteiger partial charge on any atom is 0.150 e. The molecule has 2 heterocycles. The van der Waals surface area contributed by atoms with Crippen molar-refractivity contribution in [3.8, 4) is 0 Å². The first-order valence-corrected chi connectivity index (χ1v) is 8.88. The molecule has 1 N–H and O–H groups in total. The van der Waals surface area contributed by atoms with Crippen LogP contribution in [0.2, 0.25) is 0 Å². The molecule has 114 valence electrons. The number of hydrogen-bond donors (Lipinski definition) is 1. The van der Waals surface area contributed by atoms with Crippen molar-refractivity contribution in [2.45, 2.75) is 38.6 Å². The van der Waals surface area contributed by atoms with Gasteiger partial charge in [0.1, 0.15) is 0 Å². The highest BCUT2D eigenvalue weighted by molar-refractivity contribution is 7.91. The number of sulfone groups is 1. The van der Waals surface area contributed by atoms with Crippen molar-refractivity contribution in [1.82, 2.24) is 15.1 Å². The van der Waals surface area contributed by atoms with Crippen LogP contribution in [0.5, 0.6) is 0 Å². The molecule has 1 aliphatic rings. The number of rotatable bonds is 3. The van der Waals surface area contributed by atoms with Crippen molar-refractivity contribution >= 4 is 9.84 Å². The number of nitrogens with one attached hydrogen (secondary N) is 1. The molecule has 0 radical (unpaired) electrons. The average molecular weight is 299 g/mol. The van der Waals surface area contributed by atoms with E-state index in [2.05, 4.69) is 31.2 Å². The standard InChI is InChI=1S/C14H25N3O2S/c1-14(2,3)13-11(8-17(5)16-13)12(15-4)10-6-7-20(18,19)9-10/h8,10,12,15H,6-7,9H2,1-5H3. The molecule has 1 aromatic heterocycles. The van der Waals surface area contributed by atoms with Crippen molar-refractivity contribution in [2.24, 2.45) is 13.0 Å². The Labute approximate surface area is 121 Å². The van der Waals surface area contributed by atoms with E-state index in [-0.39, 0.29) is 23.1 Å². The van der Waals surface area contributed by atoms with Crippen LogP contribution in [-0.2, 0) is 22.3 Å². The quantitative estimate of drug-likeness (QED) is 0.916. The molecule has 2 rings (SSSR count). The third-order valence-corrected chi connectivity index (χ3v) is 5.75. The molecule has 1 fully saturated rings. The zero-order valence-corrected chi connectivity index (χ0v) is 13.8. The molecule has 6 heteroatoms. The van der Waals surface area contributed by atoms with Gasteiger partial charge in [-0.05, 0) is 19.4 Å². The fraction of sp³-hybridized carbons (Fsp3) is 0.786. The summed E-state index contributed by atoms with van der Waals surface area (Å²) in [7, 11) is 0.944. The van der Waals surface area contributed by atoms with Gasteiger partial charge in [0, 0.05) is 30.3 Å². The van der Waals surface area contributed by atoms with Crippen LogP contribution in [-0.4, -0.2) is 36.8 Å². The van der Waals surface area contributed by atoms with Crippen molar-refractivity contribution < 1.29 is 8.42 Å². The fourth-order valence-corrected chi connectivity index (χ4v) is 4.89. The normalized spacial score (nSPS) is 23.9. The Morgan fingerprint density at radius 3 is 2.55 bits per heavy atom. The summed E-state index contributed by atoms with van der Waals surface area (Å²) in [4.78, 5) is 0. The van der Waals surface area contributed by atoms with Gasteiger partial charge in [0.15, 0.2) is 9.84 Å². The molecular formula is C14H25N3O2S. The second kappa shape index (κ2) is 5.15. The van der Waals surface area contributed by atoms with Gasteiger partial charge in [-0.15, -0.1) is 0 Å². The van der Waals surface area contributed by atoms with Gasteiger partial charge in [0.05, 0.1) is 17.2 Å². The zero-order chi connectivity index (χ0) is 15.1. The van der Waals surface area contributed by atoms with Crippen LogP contribution in [0.15, 0.2) is 6.20 Å². The van der Waals surface area contributed by atoms with Crippen LogP contribution in [0.3, 0.4) is 0 Å². The van der Waals surface area contributed by atoms with Gasteiger partial charge >= 0.3 is 0 Å². The summed E-state index contributed by atoms with van der Waals surface area (Å²) in [6.07, 6.45) is 2.75. The molecular weight excluding hydrogens is 274 g/mol. The Balaban J connectivity index is 2.38. The van der Waals surface area contributed by atoms with E-state index in [1.165, 1.54) is 0 Å². The summed E-state index contributed by atoms with van der Waals surface area (Å²) in [5.74, 6) is 0.716. The molecule has 0 aliphatic carbocycles. The van der Waals surface area contributed by atoms with Crippen LogP contribution >= 0.6 is 0 Å². The van der Waals surface area contributed by atoms with Gasteiger partial charge in [-0.25, -0.2) is 8.42 Å². The molecule has 1 saturated heterocycles. The Morgan fingerprint density at radius 2 is 2.10 bits per heavy atom. The van der Waals surface area contributed by atoms with Crippen LogP contribution in [0.1, 0.15) is 44.5 Å². The zero-order valence-electron chi connectivity index (χ0n) is 13.0. The second-order valence-corrected chi connectivity index (χ2v) is 9.01. The minimum absolute atomic E-state index is 0.0511. The number of hydrogen-bond acceptors (Lipinski definition) is 4. The minimum atomic E-state index is -2.87. The van der Waals surface area contributed by atoms with Crippen molar-refractivity contribution in [3.05, 3.63) is 17.5 Å². The summed E-state index contributed by atoms with van der Waals surface area (Å²) in [6.45, 7) is 6.41. The number of nitrogens with zero attached hydrogens (tertiary/aromatic N) is 2. The number of aryl methyl sites for hydroxylation is 1. The lowest BCUT2D eigenvalue weighted by Gasteiger charge is -2.26. The average Bonchev–Trinajstić information content (AvgIpc) is 2.83. The molecule has 0 saturated carbocycles. The van der Waals surface area contributed by atoms with Crippen molar-refractivity contribution in [2.75, 3.05) is 18.6 Å². The smallest absolute Gasteiger partial charge is 0.150 e. The lowest BCUT2D eigenvalue weighted by Crippen LogP contribution is -2.28. The van der Waals surface area contributed by atoms with Gasteiger partial charge in [-0.3, -0.25) is 4.68 Å². The van der Waals surface area contributed by atoms with E-state index < -0.39 is 9.84 Å². The predicted octanol–water partition coefficient (Wildman–Crippen LogP) is 1.41. The fourth-order valence-electron chi connectivity index (χ4n) is 3.05. The summed E-state index contributed by atoms with van der Waals surface area (Å²) in [6, 6.07) is 0.0511. The molecule has 5 nitrogen and oxygen atoms in total. The van der Waals surface area contributed by atoms with E-state index in [1.54, 1.807) is 0 Å². The third kappa shape index (κ3) is 3.06. The Bertz CT molecular complexity index is 584. The third-order valence-electron chi connectivity index (χ3n) is 3.95. The SMILES string of the molecule is CNC(c1cn(C)nc1C(C)(C)C)C1CCS(=O)(=O)C1. The molecule has 1 aromatic rings. The van der Waals surface area contributed by atoms with Crippen LogP contribution in [0.25, 0.3) is 0 Å². The number of aromatic nitrogens is 2. The monoisotopic (exact) mass is 299 g/mol. The second-order valence-electron chi connectivity index (χ2n) is 6.79. The van der Waals surface area contributed by atoms with Gasteiger partial charge in [-0.1, -0.05) is 20.8 Å². The Hall–Kier alpha value is -0.880. The highest BCUT2D eigenvalue weighted by Gasteiger charge is 2.36. The van der Waals surface area contributed by atoms with E-state index in [0.29, 0.717) is 5.75 Å². The summed E-state index contributed by atoms with van der Waals surface area (Å²) >= 11 is 0.